The summed E-state index contributed by atoms with van der Waals surface area (Å²) in [6.07, 6.45) is 0. The van der Waals surface area contributed by atoms with Crippen molar-refractivity contribution in [3.63, 3.8) is 0 Å². The molecule has 2 aliphatic rings. The molecule has 1 saturated heterocycles. The number of ether oxygens (including phenoxy) is 2. The molecule has 0 aromatic heterocycles. The molecule has 2 amide bonds. The fraction of sp³-hybridized carbons (Fsp3) is 0.200. The standard InChI is InChI=1S/C20H16ClN3O5/c1-28-14-6-4-3-5-13(14)23-18(25)15-16(20(27)29-2)22-24(17(15)19(23)26)12-9-7-11(21)8-10-12/h3-10,15,17H,1-2H3/t15-,17-/m0/s1. The molecule has 2 aromatic carbocycles. The Kier molecular flexibility index (Phi) is 4.71. The average Bonchev–Trinajstić information content (AvgIpc) is 3.25. The monoisotopic (exact) mass is 413 g/mol. The summed E-state index contributed by atoms with van der Waals surface area (Å²) in [4.78, 5) is 39.9. The smallest absolute Gasteiger partial charge is 0.355 e. The zero-order valence-corrected chi connectivity index (χ0v) is 16.3. The molecule has 0 saturated carbocycles. The number of carbonyl (C=O) groups excluding carboxylic acids is 3. The van der Waals surface area contributed by atoms with Gasteiger partial charge in [0.1, 0.15) is 17.7 Å². The third-order valence-corrected chi connectivity index (χ3v) is 5.11. The lowest BCUT2D eigenvalue weighted by Crippen LogP contribution is -2.39. The van der Waals surface area contributed by atoms with E-state index in [1.54, 1.807) is 48.5 Å². The average molecular weight is 414 g/mol. The number of nitrogens with zero attached hydrogens (tertiary/aromatic N) is 3. The fourth-order valence-corrected chi connectivity index (χ4v) is 3.67. The van der Waals surface area contributed by atoms with Crippen LogP contribution in [0.4, 0.5) is 11.4 Å². The number of esters is 1. The Morgan fingerprint density at radius 3 is 2.38 bits per heavy atom. The van der Waals surface area contributed by atoms with Crippen molar-refractivity contribution < 1.29 is 23.9 Å². The third kappa shape index (κ3) is 2.92. The van der Waals surface area contributed by atoms with Crippen LogP contribution in [0, 0.1) is 5.92 Å². The molecule has 2 aliphatic heterocycles. The molecular weight excluding hydrogens is 398 g/mol. The highest BCUT2D eigenvalue weighted by atomic mass is 35.5. The van der Waals surface area contributed by atoms with Crippen LogP contribution in [-0.4, -0.2) is 43.8 Å². The van der Waals surface area contributed by atoms with Crippen LogP contribution in [0.2, 0.25) is 5.02 Å². The number of hydrazone groups is 1. The van der Waals surface area contributed by atoms with Crippen LogP contribution in [0.15, 0.2) is 53.6 Å². The molecule has 2 atom stereocenters. The molecule has 4 rings (SSSR count). The van der Waals surface area contributed by atoms with Gasteiger partial charge in [-0.2, -0.15) is 5.10 Å². The molecule has 0 unspecified atom stereocenters. The first kappa shape index (κ1) is 18.9. The molecule has 0 aliphatic carbocycles. The summed E-state index contributed by atoms with van der Waals surface area (Å²) in [7, 11) is 2.65. The number of para-hydroxylation sites is 2. The maximum absolute atomic E-state index is 13.3. The molecule has 2 aromatic rings. The number of hydrogen-bond donors (Lipinski definition) is 0. The number of anilines is 2. The number of hydrogen-bond acceptors (Lipinski definition) is 7. The highest BCUT2D eigenvalue weighted by Gasteiger charge is 2.59. The van der Waals surface area contributed by atoms with E-state index in [1.165, 1.54) is 19.2 Å². The first-order valence-corrected chi connectivity index (χ1v) is 9.08. The van der Waals surface area contributed by atoms with Crippen molar-refractivity contribution in [1.29, 1.82) is 0 Å². The van der Waals surface area contributed by atoms with E-state index in [4.69, 9.17) is 21.1 Å². The van der Waals surface area contributed by atoms with E-state index >= 15 is 0 Å². The molecule has 2 heterocycles. The Bertz CT molecular complexity index is 1040. The van der Waals surface area contributed by atoms with E-state index in [1.807, 2.05) is 0 Å². The van der Waals surface area contributed by atoms with Crippen molar-refractivity contribution in [2.75, 3.05) is 24.1 Å². The predicted molar refractivity (Wildman–Crippen MR) is 106 cm³/mol. The van der Waals surface area contributed by atoms with E-state index in [2.05, 4.69) is 5.10 Å². The van der Waals surface area contributed by atoms with Crippen LogP contribution in [0.5, 0.6) is 5.75 Å². The lowest BCUT2D eigenvalue weighted by atomic mass is 9.98. The number of amides is 2. The van der Waals surface area contributed by atoms with Gasteiger partial charge in [-0.15, -0.1) is 0 Å². The van der Waals surface area contributed by atoms with Gasteiger partial charge in [0.25, 0.3) is 5.91 Å². The van der Waals surface area contributed by atoms with Crippen molar-refractivity contribution in [2.45, 2.75) is 6.04 Å². The predicted octanol–water partition coefficient (Wildman–Crippen LogP) is 2.26. The van der Waals surface area contributed by atoms with Crippen molar-refractivity contribution in [3.8, 4) is 5.75 Å². The summed E-state index contributed by atoms with van der Waals surface area (Å²) in [5.74, 6) is -2.56. The second-order valence-electron chi connectivity index (χ2n) is 6.40. The van der Waals surface area contributed by atoms with Crippen LogP contribution >= 0.6 is 11.6 Å². The summed E-state index contributed by atoms with van der Waals surface area (Å²) < 4.78 is 10.1. The zero-order valence-electron chi connectivity index (χ0n) is 15.5. The van der Waals surface area contributed by atoms with Crippen LogP contribution in [-0.2, 0) is 19.1 Å². The minimum atomic E-state index is -1.09. The van der Waals surface area contributed by atoms with Crippen LogP contribution < -0.4 is 14.6 Å². The number of methoxy groups -OCH3 is 2. The molecule has 0 bridgehead atoms. The fourth-order valence-electron chi connectivity index (χ4n) is 3.55. The van der Waals surface area contributed by atoms with Gasteiger partial charge >= 0.3 is 5.97 Å². The number of carbonyl (C=O) groups is 3. The Balaban J connectivity index is 1.82. The van der Waals surface area contributed by atoms with Crippen LogP contribution in [0.1, 0.15) is 0 Å². The second-order valence-corrected chi connectivity index (χ2v) is 6.84. The minimum Gasteiger partial charge on any atom is -0.495 e. The van der Waals surface area contributed by atoms with Crippen LogP contribution in [0.25, 0.3) is 0 Å². The number of imide groups is 1. The van der Waals surface area contributed by atoms with Crippen LogP contribution in [0.3, 0.4) is 0 Å². The van der Waals surface area contributed by atoms with Gasteiger partial charge in [0.15, 0.2) is 5.71 Å². The molecule has 0 N–H and O–H groups in total. The Hall–Kier alpha value is -3.39. The largest absolute Gasteiger partial charge is 0.495 e. The van der Waals surface area contributed by atoms with Crippen molar-refractivity contribution >= 4 is 46.5 Å². The maximum Gasteiger partial charge on any atom is 0.355 e. The van der Waals surface area contributed by atoms with Crippen molar-refractivity contribution in [3.05, 3.63) is 53.6 Å². The summed E-state index contributed by atoms with van der Waals surface area (Å²) in [6.45, 7) is 0. The highest BCUT2D eigenvalue weighted by Crippen LogP contribution is 2.40. The van der Waals surface area contributed by atoms with E-state index < -0.39 is 29.7 Å². The lowest BCUT2D eigenvalue weighted by molar-refractivity contribution is -0.133. The van der Waals surface area contributed by atoms with Gasteiger partial charge in [-0.3, -0.25) is 14.6 Å². The summed E-state index contributed by atoms with van der Waals surface area (Å²) in [6, 6.07) is 12.3. The Labute approximate surface area is 171 Å². The molecule has 148 valence electrons. The zero-order chi connectivity index (χ0) is 20.7. The minimum absolute atomic E-state index is 0.122. The normalized spacial score (nSPS) is 20.6. The highest BCUT2D eigenvalue weighted by molar-refractivity contribution is 6.47. The molecule has 1 fully saturated rings. The summed E-state index contributed by atoms with van der Waals surface area (Å²) in [5.41, 5.74) is 0.703. The van der Waals surface area contributed by atoms with Gasteiger partial charge in [0, 0.05) is 5.02 Å². The maximum atomic E-state index is 13.3. The second kappa shape index (κ2) is 7.21. The quantitative estimate of drug-likeness (QED) is 0.564. The summed E-state index contributed by atoms with van der Waals surface area (Å²) in [5, 5.41) is 6.12. The van der Waals surface area contributed by atoms with Gasteiger partial charge < -0.3 is 9.47 Å². The SMILES string of the molecule is COC(=O)C1=NN(c2ccc(Cl)cc2)[C@@H]2C(=O)N(c3ccccc3OC)C(=O)[C@@H]12. The molecular formula is C20H16ClN3O5. The third-order valence-electron chi connectivity index (χ3n) is 4.86. The molecule has 0 radical (unpaired) electrons. The first-order chi connectivity index (χ1) is 14.0. The number of rotatable bonds is 4. The van der Waals surface area contributed by atoms with Gasteiger partial charge in [-0.05, 0) is 36.4 Å². The molecule has 9 heteroatoms. The Morgan fingerprint density at radius 2 is 1.72 bits per heavy atom. The number of halogens is 1. The van der Waals surface area contributed by atoms with E-state index in [-0.39, 0.29) is 5.71 Å². The summed E-state index contributed by atoms with van der Waals surface area (Å²) >= 11 is 5.95. The van der Waals surface area contributed by atoms with E-state index in [9.17, 15) is 14.4 Å². The van der Waals surface area contributed by atoms with Crippen molar-refractivity contribution in [2.24, 2.45) is 11.0 Å². The first-order valence-electron chi connectivity index (χ1n) is 8.70. The number of fused-ring (bicyclic) bond motifs is 1. The van der Waals surface area contributed by atoms with Gasteiger partial charge in [0.05, 0.1) is 25.6 Å². The van der Waals surface area contributed by atoms with Gasteiger partial charge in [-0.25, -0.2) is 9.69 Å². The van der Waals surface area contributed by atoms with Gasteiger partial charge in [0.2, 0.25) is 5.91 Å². The topological polar surface area (TPSA) is 88.5 Å². The molecule has 8 nitrogen and oxygen atoms in total. The number of benzene rings is 2. The van der Waals surface area contributed by atoms with E-state index in [0.29, 0.717) is 22.1 Å². The molecule has 0 spiro atoms. The van der Waals surface area contributed by atoms with Gasteiger partial charge in [-0.1, -0.05) is 23.7 Å². The van der Waals surface area contributed by atoms with Crippen molar-refractivity contribution in [1.82, 2.24) is 0 Å². The van der Waals surface area contributed by atoms with E-state index in [0.717, 1.165) is 4.90 Å². The lowest BCUT2D eigenvalue weighted by Gasteiger charge is -2.22. The molecule has 29 heavy (non-hydrogen) atoms. The Morgan fingerprint density at radius 1 is 1.03 bits per heavy atom.